The van der Waals surface area contributed by atoms with E-state index >= 15 is 0 Å². The SMILES string of the molecule is CCC(C)(C)c1ccc(Oc2ccc(/C(N)=N/O)cn2)cc1. The van der Waals surface area contributed by atoms with Crippen LogP contribution in [0.1, 0.15) is 38.3 Å². The molecule has 1 heterocycles. The first-order chi connectivity index (χ1) is 10.5. The number of nitrogens with zero attached hydrogens (tertiary/aromatic N) is 2. The molecule has 1 aromatic carbocycles. The van der Waals surface area contributed by atoms with E-state index in [1.165, 1.54) is 11.8 Å². The third kappa shape index (κ3) is 3.55. The molecule has 0 aliphatic heterocycles. The summed E-state index contributed by atoms with van der Waals surface area (Å²) < 4.78 is 5.69. The molecule has 0 bridgehead atoms. The van der Waals surface area contributed by atoms with Crippen molar-refractivity contribution < 1.29 is 9.94 Å². The molecule has 3 N–H and O–H groups in total. The van der Waals surface area contributed by atoms with Gasteiger partial charge in [-0.05, 0) is 35.6 Å². The summed E-state index contributed by atoms with van der Waals surface area (Å²) in [5.41, 5.74) is 7.45. The maximum Gasteiger partial charge on any atom is 0.219 e. The van der Waals surface area contributed by atoms with E-state index in [4.69, 9.17) is 15.7 Å². The van der Waals surface area contributed by atoms with E-state index in [0.29, 0.717) is 11.4 Å². The van der Waals surface area contributed by atoms with Gasteiger partial charge in [0.05, 0.1) is 0 Å². The molecule has 0 aliphatic carbocycles. The van der Waals surface area contributed by atoms with Gasteiger partial charge in [0, 0.05) is 17.8 Å². The van der Waals surface area contributed by atoms with Gasteiger partial charge in [0.2, 0.25) is 5.88 Å². The fraction of sp³-hybridized carbons (Fsp3) is 0.294. The molecule has 5 heteroatoms. The Bertz CT molecular complexity index is 647. The molecule has 0 aliphatic rings. The van der Waals surface area contributed by atoms with E-state index in [9.17, 15) is 0 Å². The van der Waals surface area contributed by atoms with E-state index in [1.54, 1.807) is 12.1 Å². The fourth-order valence-corrected chi connectivity index (χ4v) is 1.95. The second-order valence-electron chi connectivity index (χ2n) is 5.73. The lowest BCUT2D eigenvalue weighted by Gasteiger charge is -2.23. The maximum atomic E-state index is 8.61. The van der Waals surface area contributed by atoms with Gasteiger partial charge in [-0.15, -0.1) is 0 Å². The Morgan fingerprint density at radius 1 is 1.23 bits per heavy atom. The first-order valence-corrected chi connectivity index (χ1v) is 7.18. The highest BCUT2D eigenvalue weighted by molar-refractivity contribution is 5.96. The highest BCUT2D eigenvalue weighted by Crippen LogP contribution is 2.29. The van der Waals surface area contributed by atoms with Crippen molar-refractivity contribution >= 4 is 5.84 Å². The number of oxime groups is 1. The molecule has 0 fully saturated rings. The normalized spacial score (nSPS) is 12.2. The molecule has 0 amide bonds. The average molecular weight is 299 g/mol. The van der Waals surface area contributed by atoms with Crippen molar-refractivity contribution in [2.45, 2.75) is 32.6 Å². The minimum atomic E-state index is 0.0187. The summed E-state index contributed by atoms with van der Waals surface area (Å²) in [5.74, 6) is 1.20. The zero-order valence-corrected chi connectivity index (χ0v) is 13.1. The van der Waals surface area contributed by atoms with Crippen LogP contribution in [0.2, 0.25) is 0 Å². The Kier molecular flexibility index (Phi) is 4.65. The zero-order chi connectivity index (χ0) is 16.2. The molecule has 1 aromatic heterocycles. The standard InChI is InChI=1S/C17H21N3O2/c1-4-17(2,3)13-6-8-14(9-7-13)22-15-10-5-12(11-19-15)16(18)20-21/h5-11,21H,4H2,1-3H3,(H2,18,20). The van der Waals surface area contributed by atoms with E-state index in [0.717, 1.165) is 12.2 Å². The molecule has 0 saturated carbocycles. The lowest BCUT2D eigenvalue weighted by molar-refractivity contribution is 0.318. The van der Waals surface area contributed by atoms with Crippen molar-refractivity contribution in [2.75, 3.05) is 0 Å². The maximum absolute atomic E-state index is 8.61. The second kappa shape index (κ2) is 6.47. The Morgan fingerprint density at radius 3 is 2.41 bits per heavy atom. The molecule has 0 radical (unpaired) electrons. The Morgan fingerprint density at radius 2 is 1.91 bits per heavy atom. The first-order valence-electron chi connectivity index (χ1n) is 7.18. The molecule has 5 nitrogen and oxygen atoms in total. The van der Waals surface area contributed by atoms with Gasteiger partial charge in [-0.2, -0.15) is 0 Å². The van der Waals surface area contributed by atoms with Crippen molar-refractivity contribution in [1.29, 1.82) is 0 Å². The highest BCUT2D eigenvalue weighted by atomic mass is 16.5. The fourth-order valence-electron chi connectivity index (χ4n) is 1.95. The molecular weight excluding hydrogens is 278 g/mol. The van der Waals surface area contributed by atoms with Gasteiger partial charge in [-0.3, -0.25) is 0 Å². The second-order valence-corrected chi connectivity index (χ2v) is 5.73. The van der Waals surface area contributed by atoms with Crippen molar-refractivity contribution in [3.63, 3.8) is 0 Å². The predicted octanol–water partition coefficient (Wildman–Crippen LogP) is 3.66. The van der Waals surface area contributed by atoms with E-state index in [2.05, 4.69) is 43.0 Å². The summed E-state index contributed by atoms with van der Waals surface area (Å²) >= 11 is 0. The van der Waals surface area contributed by atoms with E-state index in [1.807, 2.05) is 12.1 Å². The molecule has 0 unspecified atom stereocenters. The molecule has 0 saturated heterocycles. The predicted molar refractivity (Wildman–Crippen MR) is 86.6 cm³/mol. The van der Waals surface area contributed by atoms with Crippen LogP contribution in [0.4, 0.5) is 0 Å². The Labute approximate surface area is 130 Å². The lowest BCUT2D eigenvalue weighted by atomic mass is 9.82. The number of pyridine rings is 1. The number of hydrogen-bond acceptors (Lipinski definition) is 4. The molecule has 22 heavy (non-hydrogen) atoms. The van der Waals surface area contributed by atoms with Gasteiger partial charge < -0.3 is 15.7 Å². The molecular formula is C17H21N3O2. The van der Waals surface area contributed by atoms with Gasteiger partial charge in [-0.1, -0.05) is 38.1 Å². The van der Waals surface area contributed by atoms with Crippen LogP contribution < -0.4 is 10.5 Å². The number of ether oxygens (including phenoxy) is 1. The number of amidine groups is 1. The van der Waals surface area contributed by atoms with Gasteiger partial charge in [-0.25, -0.2) is 4.98 Å². The van der Waals surface area contributed by atoms with E-state index in [-0.39, 0.29) is 11.3 Å². The van der Waals surface area contributed by atoms with Crippen molar-refractivity contribution in [3.05, 3.63) is 53.7 Å². The molecule has 2 aromatic rings. The van der Waals surface area contributed by atoms with Crippen LogP contribution in [0.25, 0.3) is 0 Å². The van der Waals surface area contributed by atoms with Crippen LogP contribution in [0.15, 0.2) is 47.8 Å². The molecule has 2 rings (SSSR count). The monoisotopic (exact) mass is 299 g/mol. The van der Waals surface area contributed by atoms with Crippen molar-refractivity contribution in [1.82, 2.24) is 4.98 Å². The quantitative estimate of drug-likeness (QED) is 0.382. The molecule has 0 spiro atoms. The van der Waals surface area contributed by atoms with Crippen LogP contribution in [-0.2, 0) is 5.41 Å². The average Bonchev–Trinajstić information content (AvgIpc) is 2.55. The van der Waals surface area contributed by atoms with Crippen molar-refractivity contribution in [3.8, 4) is 11.6 Å². The van der Waals surface area contributed by atoms with Crippen LogP contribution in [-0.4, -0.2) is 16.0 Å². The summed E-state index contributed by atoms with van der Waals surface area (Å²) in [7, 11) is 0. The highest BCUT2D eigenvalue weighted by Gasteiger charge is 2.17. The third-order valence-corrected chi connectivity index (χ3v) is 3.88. The summed E-state index contributed by atoms with van der Waals surface area (Å²) in [6.45, 7) is 6.61. The van der Waals surface area contributed by atoms with Gasteiger partial charge >= 0.3 is 0 Å². The van der Waals surface area contributed by atoms with Crippen LogP contribution in [0.5, 0.6) is 11.6 Å². The number of nitrogens with two attached hydrogens (primary N) is 1. The number of hydrogen-bond donors (Lipinski definition) is 2. The summed E-state index contributed by atoms with van der Waals surface area (Å²) in [6.07, 6.45) is 2.57. The minimum absolute atomic E-state index is 0.0187. The third-order valence-electron chi connectivity index (χ3n) is 3.88. The van der Waals surface area contributed by atoms with Gasteiger partial charge in [0.1, 0.15) is 5.75 Å². The zero-order valence-electron chi connectivity index (χ0n) is 13.1. The Balaban J connectivity index is 2.11. The summed E-state index contributed by atoms with van der Waals surface area (Å²) in [6, 6.07) is 11.4. The van der Waals surface area contributed by atoms with Crippen LogP contribution in [0, 0.1) is 0 Å². The molecule has 0 atom stereocenters. The number of aromatic nitrogens is 1. The topological polar surface area (TPSA) is 80.7 Å². The first kappa shape index (κ1) is 15.8. The minimum Gasteiger partial charge on any atom is -0.439 e. The smallest absolute Gasteiger partial charge is 0.219 e. The number of benzene rings is 1. The molecule has 116 valence electrons. The number of rotatable bonds is 5. The van der Waals surface area contributed by atoms with Crippen LogP contribution in [0.3, 0.4) is 0 Å². The Hall–Kier alpha value is -2.56. The summed E-state index contributed by atoms with van der Waals surface area (Å²) in [4.78, 5) is 4.14. The lowest BCUT2D eigenvalue weighted by Crippen LogP contribution is -2.14. The van der Waals surface area contributed by atoms with Gasteiger partial charge in [0.15, 0.2) is 5.84 Å². The van der Waals surface area contributed by atoms with Gasteiger partial charge in [0.25, 0.3) is 0 Å². The van der Waals surface area contributed by atoms with Crippen LogP contribution >= 0.6 is 0 Å². The summed E-state index contributed by atoms with van der Waals surface area (Å²) in [5, 5.41) is 11.5. The van der Waals surface area contributed by atoms with E-state index < -0.39 is 0 Å². The van der Waals surface area contributed by atoms with Crippen molar-refractivity contribution in [2.24, 2.45) is 10.9 Å². The largest absolute Gasteiger partial charge is 0.439 e.